The summed E-state index contributed by atoms with van der Waals surface area (Å²) in [4.78, 5) is 2.31. The van der Waals surface area contributed by atoms with Gasteiger partial charge >= 0.3 is 0 Å². The lowest BCUT2D eigenvalue weighted by Gasteiger charge is -2.27. The van der Waals surface area contributed by atoms with Crippen LogP contribution in [0.25, 0.3) is 0 Å². The third kappa shape index (κ3) is 5.87. The van der Waals surface area contributed by atoms with E-state index >= 15 is 0 Å². The van der Waals surface area contributed by atoms with E-state index in [2.05, 4.69) is 45.1 Å². The van der Waals surface area contributed by atoms with Crippen molar-refractivity contribution in [3.05, 3.63) is 0 Å². The standard InChI is InChI=1S/C15H32N2/c1-6-13-7-8-14(10-13)16-15(9-12(2)3)11-17(4)5/h12-16H,6-11H2,1-5H3. The van der Waals surface area contributed by atoms with Crippen LogP contribution in [0.3, 0.4) is 0 Å². The third-order valence-electron chi connectivity index (χ3n) is 3.93. The molecule has 102 valence electrons. The van der Waals surface area contributed by atoms with Gasteiger partial charge in [0.1, 0.15) is 0 Å². The van der Waals surface area contributed by atoms with Crippen LogP contribution in [0.4, 0.5) is 0 Å². The van der Waals surface area contributed by atoms with Crippen molar-refractivity contribution in [3.63, 3.8) is 0 Å². The van der Waals surface area contributed by atoms with E-state index in [0.717, 1.165) is 17.9 Å². The van der Waals surface area contributed by atoms with Gasteiger partial charge in [0.2, 0.25) is 0 Å². The van der Waals surface area contributed by atoms with Gasteiger partial charge in [0.15, 0.2) is 0 Å². The van der Waals surface area contributed by atoms with E-state index < -0.39 is 0 Å². The van der Waals surface area contributed by atoms with Crippen LogP contribution >= 0.6 is 0 Å². The minimum Gasteiger partial charge on any atom is -0.310 e. The fourth-order valence-corrected chi connectivity index (χ4v) is 3.14. The molecule has 0 aromatic rings. The molecule has 3 atom stereocenters. The first kappa shape index (κ1) is 15.0. The van der Waals surface area contributed by atoms with Gasteiger partial charge in [0.25, 0.3) is 0 Å². The van der Waals surface area contributed by atoms with Crippen molar-refractivity contribution in [3.8, 4) is 0 Å². The number of hydrogen-bond acceptors (Lipinski definition) is 2. The van der Waals surface area contributed by atoms with E-state index in [-0.39, 0.29) is 0 Å². The van der Waals surface area contributed by atoms with E-state index in [1.54, 1.807) is 0 Å². The Hall–Kier alpha value is -0.0800. The van der Waals surface area contributed by atoms with Crippen molar-refractivity contribution >= 4 is 0 Å². The number of nitrogens with one attached hydrogen (secondary N) is 1. The predicted octanol–water partition coefficient (Wildman–Crippen LogP) is 3.13. The van der Waals surface area contributed by atoms with Crippen LogP contribution < -0.4 is 5.32 Å². The minimum absolute atomic E-state index is 0.672. The van der Waals surface area contributed by atoms with Crippen molar-refractivity contribution in [2.24, 2.45) is 11.8 Å². The van der Waals surface area contributed by atoms with Crippen LogP contribution in [0.1, 0.15) is 52.9 Å². The van der Waals surface area contributed by atoms with Crippen molar-refractivity contribution < 1.29 is 0 Å². The molecule has 0 bridgehead atoms. The van der Waals surface area contributed by atoms with Gasteiger partial charge in [-0.25, -0.2) is 0 Å². The zero-order chi connectivity index (χ0) is 12.8. The van der Waals surface area contributed by atoms with Gasteiger partial charge in [-0.15, -0.1) is 0 Å². The zero-order valence-corrected chi connectivity index (χ0v) is 12.5. The van der Waals surface area contributed by atoms with Crippen LogP contribution in [0.5, 0.6) is 0 Å². The maximum absolute atomic E-state index is 3.90. The molecule has 1 rings (SSSR count). The average molecular weight is 240 g/mol. The highest BCUT2D eigenvalue weighted by molar-refractivity contribution is 4.84. The molecule has 2 nitrogen and oxygen atoms in total. The molecule has 0 aromatic carbocycles. The van der Waals surface area contributed by atoms with E-state index in [1.807, 2.05) is 0 Å². The van der Waals surface area contributed by atoms with E-state index in [4.69, 9.17) is 0 Å². The van der Waals surface area contributed by atoms with E-state index in [1.165, 1.54) is 38.6 Å². The Labute approximate surface area is 108 Å². The fourth-order valence-electron chi connectivity index (χ4n) is 3.14. The molecule has 1 aliphatic carbocycles. The number of likely N-dealkylation sites (N-methyl/N-ethyl adjacent to an activating group) is 1. The van der Waals surface area contributed by atoms with Crippen LogP contribution in [0.15, 0.2) is 0 Å². The molecule has 2 heteroatoms. The second kappa shape index (κ2) is 7.38. The highest BCUT2D eigenvalue weighted by Gasteiger charge is 2.25. The summed E-state index contributed by atoms with van der Waals surface area (Å²) in [6.45, 7) is 8.16. The molecule has 1 aliphatic rings. The summed E-state index contributed by atoms with van der Waals surface area (Å²) in [6, 6.07) is 1.45. The van der Waals surface area contributed by atoms with Crippen LogP contribution in [0, 0.1) is 11.8 Å². The van der Waals surface area contributed by atoms with E-state index in [0.29, 0.717) is 6.04 Å². The fraction of sp³-hybridized carbons (Fsp3) is 1.00. The first-order valence-corrected chi connectivity index (χ1v) is 7.42. The van der Waals surface area contributed by atoms with Crippen molar-refractivity contribution in [1.29, 1.82) is 0 Å². The molecule has 1 fully saturated rings. The first-order valence-electron chi connectivity index (χ1n) is 7.42. The van der Waals surface area contributed by atoms with Crippen LogP contribution in [0.2, 0.25) is 0 Å². The lowest BCUT2D eigenvalue weighted by atomic mass is 10.0. The lowest BCUT2D eigenvalue weighted by Crippen LogP contribution is -2.43. The second-order valence-corrected chi connectivity index (χ2v) is 6.54. The smallest absolute Gasteiger partial charge is 0.0199 e. The molecule has 0 heterocycles. The molecule has 17 heavy (non-hydrogen) atoms. The second-order valence-electron chi connectivity index (χ2n) is 6.54. The summed E-state index contributed by atoms with van der Waals surface area (Å²) in [5.41, 5.74) is 0. The molecule has 0 aromatic heterocycles. The highest BCUT2D eigenvalue weighted by atomic mass is 15.1. The van der Waals surface area contributed by atoms with Gasteiger partial charge in [0, 0.05) is 18.6 Å². The third-order valence-corrected chi connectivity index (χ3v) is 3.93. The van der Waals surface area contributed by atoms with Gasteiger partial charge in [-0.05, 0) is 51.6 Å². The SMILES string of the molecule is CCC1CCC(NC(CC(C)C)CN(C)C)C1. The Morgan fingerprint density at radius 2 is 1.94 bits per heavy atom. The summed E-state index contributed by atoms with van der Waals surface area (Å²) < 4.78 is 0. The van der Waals surface area contributed by atoms with Gasteiger partial charge in [-0.2, -0.15) is 0 Å². The summed E-state index contributed by atoms with van der Waals surface area (Å²) in [5, 5.41) is 3.90. The molecular formula is C15H32N2. The number of nitrogens with zero attached hydrogens (tertiary/aromatic N) is 1. The molecule has 0 amide bonds. The zero-order valence-electron chi connectivity index (χ0n) is 12.5. The maximum Gasteiger partial charge on any atom is 0.0199 e. The van der Waals surface area contributed by atoms with Crippen LogP contribution in [-0.2, 0) is 0 Å². The first-order chi connectivity index (χ1) is 8.01. The lowest BCUT2D eigenvalue weighted by molar-refractivity contribution is 0.283. The molecular weight excluding hydrogens is 208 g/mol. The van der Waals surface area contributed by atoms with Gasteiger partial charge in [0.05, 0.1) is 0 Å². The van der Waals surface area contributed by atoms with Crippen molar-refractivity contribution in [2.45, 2.75) is 65.0 Å². The summed E-state index contributed by atoms with van der Waals surface area (Å²) in [6.07, 6.45) is 6.88. The molecule has 0 radical (unpaired) electrons. The largest absolute Gasteiger partial charge is 0.310 e. The maximum atomic E-state index is 3.90. The normalized spacial score (nSPS) is 27.0. The highest BCUT2D eigenvalue weighted by Crippen LogP contribution is 2.28. The summed E-state index contributed by atoms with van der Waals surface area (Å²) in [7, 11) is 4.36. The summed E-state index contributed by atoms with van der Waals surface area (Å²) in [5.74, 6) is 1.77. The topological polar surface area (TPSA) is 15.3 Å². The molecule has 1 N–H and O–H groups in total. The monoisotopic (exact) mass is 240 g/mol. The molecule has 0 aliphatic heterocycles. The Morgan fingerprint density at radius 1 is 1.24 bits per heavy atom. The van der Waals surface area contributed by atoms with Crippen molar-refractivity contribution in [2.75, 3.05) is 20.6 Å². The van der Waals surface area contributed by atoms with Crippen molar-refractivity contribution in [1.82, 2.24) is 10.2 Å². The van der Waals surface area contributed by atoms with Gasteiger partial charge in [-0.3, -0.25) is 0 Å². The van der Waals surface area contributed by atoms with Crippen LogP contribution in [-0.4, -0.2) is 37.6 Å². The Balaban J connectivity index is 2.37. The quantitative estimate of drug-likeness (QED) is 0.735. The molecule has 0 spiro atoms. The molecule has 0 saturated heterocycles. The Bertz CT molecular complexity index is 191. The van der Waals surface area contributed by atoms with E-state index in [9.17, 15) is 0 Å². The molecule has 3 unspecified atom stereocenters. The number of rotatable bonds is 7. The Morgan fingerprint density at radius 3 is 2.41 bits per heavy atom. The van der Waals surface area contributed by atoms with Gasteiger partial charge < -0.3 is 10.2 Å². The number of hydrogen-bond donors (Lipinski definition) is 1. The summed E-state index contributed by atoms with van der Waals surface area (Å²) >= 11 is 0. The average Bonchev–Trinajstić information content (AvgIpc) is 2.63. The van der Waals surface area contributed by atoms with Gasteiger partial charge in [-0.1, -0.05) is 27.2 Å². The molecule has 1 saturated carbocycles. The predicted molar refractivity (Wildman–Crippen MR) is 76.4 cm³/mol. The minimum atomic E-state index is 0.672. The Kier molecular flexibility index (Phi) is 6.50.